The molecule has 0 aliphatic heterocycles. The molecule has 1 aromatic carbocycles. The van der Waals surface area contributed by atoms with Gasteiger partial charge < -0.3 is 4.74 Å². The lowest BCUT2D eigenvalue weighted by atomic mass is 9.26. The molecule has 0 amide bonds. The smallest absolute Gasteiger partial charge is 0.283 e. The molecule has 0 aromatic heterocycles. The van der Waals surface area contributed by atoms with Crippen LogP contribution in [0.3, 0.4) is 0 Å². The number of alkyl halides is 2. The Kier molecular flexibility index (Phi) is 5.01. The number of hydrogen-bond donors (Lipinski definition) is 0. The quantitative estimate of drug-likeness (QED) is 0.536. The Labute approximate surface area is 152 Å². The van der Waals surface area contributed by atoms with E-state index in [-0.39, 0.29) is 0 Å². The van der Waals surface area contributed by atoms with Gasteiger partial charge in [0, 0.05) is 30.4 Å². The lowest BCUT2D eigenvalue weighted by molar-refractivity contribution is 0.257. The van der Waals surface area contributed by atoms with E-state index < -0.39 is 65.2 Å². The summed E-state index contributed by atoms with van der Waals surface area (Å²) >= 11 is 0. The van der Waals surface area contributed by atoms with E-state index in [0.29, 0.717) is 6.07 Å². The maximum atomic E-state index is 15.8. The fraction of sp³-hybridized carbons (Fsp3) is 0.263. The molecule has 0 bridgehead atoms. The van der Waals surface area contributed by atoms with E-state index >= 15 is 8.78 Å². The van der Waals surface area contributed by atoms with Gasteiger partial charge in [-0.25, -0.2) is 26.3 Å². The molecular formula is C19H15BF6O. The Morgan fingerprint density at radius 2 is 1.41 bits per heavy atom. The molecule has 0 radical (unpaired) electrons. The molecule has 2 atom stereocenters. The zero-order valence-electron chi connectivity index (χ0n) is 14.3. The average Bonchev–Trinajstić information content (AvgIpc) is 2.56. The third kappa shape index (κ3) is 3.57. The largest absolute Gasteiger partial charge is 0.497 e. The lowest BCUT2D eigenvalue weighted by Crippen LogP contribution is -2.63. The Morgan fingerprint density at radius 1 is 0.889 bits per heavy atom. The van der Waals surface area contributed by atoms with Gasteiger partial charge in [-0.15, -0.1) is 0 Å². The highest BCUT2D eigenvalue weighted by molar-refractivity contribution is 6.80. The van der Waals surface area contributed by atoms with Gasteiger partial charge in [-0.2, -0.15) is 0 Å². The van der Waals surface area contributed by atoms with Crippen LogP contribution in [-0.2, 0) is 0 Å². The van der Waals surface area contributed by atoms with E-state index in [4.69, 9.17) is 4.74 Å². The van der Waals surface area contributed by atoms with Gasteiger partial charge in [0.2, 0.25) is 0 Å². The molecule has 0 fully saturated rings. The van der Waals surface area contributed by atoms with Crippen molar-refractivity contribution in [2.45, 2.75) is 24.0 Å². The van der Waals surface area contributed by atoms with E-state index in [1.807, 2.05) is 0 Å². The monoisotopic (exact) mass is 384 g/mol. The molecule has 0 spiro atoms. The molecule has 0 N–H and O–H groups in total. The van der Waals surface area contributed by atoms with Crippen molar-refractivity contribution in [3.05, 3.63) is 71.9 Å². The molecular weight excluding hydrogens is 369 g/mol. The van der Waals surface area contributed by atoms with Crippen molar-refractivity contribution in [2.75, 3.05) is 7.11 Å². The summed E-state index contributed by atoms with van der Waals surface area (Å²) in [5, 5.41) is 0. The highest BCUT2D eigenvalue weighted by atomic mass is 19.2. The molecule has 142 valence electrons. The van der Waals surface area contributed by atoms with Crippen LogP contribution < -0.4 is 10.2 Å². The fourth-order valence-corrected chi connectivity index (χ4v) is 3.66. The molecule has 3 rings (SSSR count). The second kappa shape index (κ2) is 6.98. The van der Waals surface area contributed by atoms with Crippen LogP contribution in [0.5, 0.6) is 5.75 Å². The van der Waals surface area contributed by atoms with E-state index in [0.717, 1.165) is 49.6 Å². The first-order valence-electron chi connectivity index (χ1n) is 8.17. The molecule has 2 unspecified atom stereocenters. The van der Waals surface area contributed by atoms with Gasteiger partial charge in [-0.3, -0.25) is 0 Å². The normalized spacial score (nSPS) is 27.2. The third-order valence-electron chi connectivity index (χ3n) is 4.71. The predicted molar refractivity (Wildman–Crippen MR) is 91.9 cm³/mol. The summed E-state index contributed by atoms with van der Waals surface area (Å²) in [6.07, 6.45) is 4.12. The molecule has 2 aliphatic carbocycles. The highest BCUT2D eigenvalue weighted by Crippen LogP contribution is 2.42. The third-order valence-corrected chi connectivity index (χ3v) is 4.71. The summed E-state index contributed by atoms with van der Waals surface area (Å²) < 4.78 is 92.5. The van der Waals surface area contributed by atoms with Crippen molar-refractivity contribution in [3.8, 4) is 5.75 Å². The Morgan fingerprint density at radius 3 is 1.85 bits per heavy atom. The van der Waals surface area contributed by atoms with Crippen LogP contribution in [0.1, 0.15) is 12.8 Å². The van der Waals surface area contributed by atoms with Crippen LogP contribution in [0, 0.1) is 11.6 Å². The molecule has 0 saturated carbocycles. The molecule has 2 aliphatic rings. The summed E-state index contributed by atoms with van der Waals surface area (Å²) in [4.78, 5) is 0. The van der Waals surface area contributed by atoms with Gasteiger partial charge >= 0.3 is 0 Å². The van der Waals surface area contributed by atoms with E-state index in [2.05, 4.69) is 0 Å². The summed E-state index contributed by atoms with van der Waals surface area (Å²) in [6.45, 7) is -2.02. The number of methoxy groups -OCH3 is 1. The number of rotatable bonds is 4. The van der Waals surface area contributed by atoms with Crippen LogP contribution in [0.2, 0.25) is 0 Å². The molecule has 0 heterocycles. The van der Waals surface area contributed by atoms with Crippen molar-refractivity contribution in [2.24, 2.45) is 0 Å². The molecule has 1 aromatic rings. The summed E-state index contributed by atoms with van der Waals surface area (Å²) in [6, 6.07) is 1.23. The first kappa shape index (κ1) is 19.4. The van der Waals surface area contributed by atoms with E-state index in [1.54, 1.807) is 0 Å². The summed E-state index contributed by atoms with van der Waals surface area (Å²) in [5.74, 6) is -4.49. The maximum Gasteiger partial charge on any atom is 0.283 e. The van der Waals surface area contributed by atoms with Crippen LogP contribution in [-0.4, -0.2) is 25.0 Å². The van der Waals surface area contributed by atoms with Crippen molar-refractivity contribution in [1.29, 1.82) is 0 Å². The van der Waals surface area contributed by atoms with Crippen molar-refractivity contribution in [1.82, 2.24) is 0 Å². The van der Waals surface area contributed by atoms with Crippen LogP contribution in [0.4, 0.5) is 26.3 Å². The van der Waals surface area contributed by atoms with E-state index in [1.165, 1.54) is 0 Å². The topological polar surface area (TPSA) is 9.23 Å². The first-order chi connectivity index (χ1) is 12.7. The van der Waals surface area contributed by atoms with Gasteiger partial charge in [0.1, 0.15) is 40.2 Å². The van der Waals surface area contributed by atoms with Crippen molar-refractivity contribution < 1.29 is 31.1 Å². The Hall–Kier alpha value is -2.38. The fourth-order valence-electron chi connectivity index (χ4n) is 3.66. The molecule has 1 nitrogen and oxygen atoms in total. The maximum absolute atomic E-state index is 15.8. The van der Waals surface area contributed by atoms with Crippen LogP contribution in [0.25, 0.3) is 0 Å². The first-order valence-corrected chi connectivity index (χ1v) is 8.17. The minimum Gasteiger partial charge on any atom is -0.497 e. The van der Waals surface area contributed by atoms with Crippen LogP contribution >= 0.6 is 0 Å². The number of ether oxygens (including phenoxy) is 1. The summed E-state index contributed by atoms with van der Waals surface area (Å²) in [5.41, 5.74) is -6.09. The number of hydrogen-bond acceptors (Lipinski definition) is 1. The highest BCUT2D eigenvalue weighted by Gasteiger charge is 2.58. The zero-order chi connectivity index (χ0) is 19.8. The number of benzene rings is 1. The Bertz CT molecular complexity index is 835. The standard InChI is InChI=1S/C19H15BF6O/c1-27-16-9-14(23)8-15(24)17(16)20(18(25)6-2-4-12(21)10-18)19(26)7-3-5-13(22)11-19/h2-9H,10-11H2,1H3. The van der Waals surface area contributed by atoms with Gasteiger partial charge in [-0.05, 0) is 12.2 Å². The van der Waals surface area contributed by atoms with Crippen molar-refractivity contribution >= 4 is 12.2 Å². The van der Waals surface area contributed by atoms with Gasteiger partial charge in [0.25, 0.3) is 6.71 Å². The van der Waals surface area contributed by atoms with Crippen molar-refractivity contribution in [3.63, 3.8) is 0 Å². The molecule has 0 saturated heterocycles. The minimum absolute atomic E-state index is 0.446. The SMILES string of the molecule is COc1cc(F)cc(F)c1B(C1(F)C=CC=C(F)C1)C1(F)C=CC=C(F)C1. The van der Waals surface area contributed by atoms with Crippen LogP contribution in [0.15, 0.2) is 60.2 Å². The number of allylic oxidation sites excluding steroid dienone is 8. The second-order valence-corrected chi connectivity index (χ2v) is 6.59. The van der Waals surface area contributed by atoms with E-state index in [9.17, 15) is 17.6 Å². The van der Waals surface area contributed by atoms with Gasteiger partial charge in [0.05, 0.1) is 7.11 Å². The lowest BCUT2D eigenvalue weighted by Gasteiger charge is -2.39. The molecule has 27 heavy (non-hydrogen) atoms. The summed E-state index contributed by atoms with van der Waals surface area (Å²) in [7, 11) is 1.08. The average molecular weight is 384 g/mol. The zero-order valence-corrected chi connectivity index (χ0v) is 14.3. The Balaban J connectivity index is 2.24. The minimum atomic E-state index is -2.73. The molecule has 8 heteroatoms. The number of halogens is 6. The van der Waals surface area contributed by atoms with Gasteiger partial charge in [-0.1, -0.05) is 24.3 Å². The predicted octanol–water partition coefficient (Wildman–Crippen LogP) is 4.80. The van der Waals surface area contributed by atoms with Gasteiger partial charge in [0.15, 0.2) is 0 Å². The second-order valence-electron chi connectivity index (χ2n) is 6.59.